The molecule has 1 aliphatic rings. The van der Waals surface area contributed by atoms with E-state index in [9.17, 15) is 14.4 Å². The minimum atomic E-state index is -2.20. The minimum absolute atomic E-state index is 0.192. The first kappa shape index (κ1) is 23.7. The average molecular weight is 449 g/mol. The van der Waals surface area contributed by atoms with Gasteiger partial charge in [0, 0.05) is 26.7 Å². The van der Waals surface area contributed by atoms with Gasteiger partial charge in [0.05, 0.1) is 0 Å². The number of hydrogen-bond donors (Lipinski definition) is 1. The molecule has 27 heavy (non-hydrogen) atoms. The number of carbonyl (C=O) groups is 3. The van der Waals surface area contributed by atoms with E-state index in [0.29, 0.717) is 0 Å². The Balaban J connectivity index is 3.17. The van der Waals surface area contributed by atoms with Gasteiger partial charge in [0.1, 0.15) is 18.8 Å². The number of esters is 3. The van der Waals surface area contributed by atoms with Gasteiger partial charge in [0.15, 0.2) is 0 Å². The predicted octanol–water partition coefficient (Wildman–Crippen LogP) is 2.14. The molecule has 0 aromatic carbocycles. The molecule has 12 heteroatoms. The molecule has 5 atom stereocenters. The predicted molar refractivity (Wildman–Crippen MR) is 94.7 cm³/mol. The Hall–Kier alpha value is -1.29. The SMILES string of the molecule is CC(=O)OC[C@H]1O[C@H](OC(=N)C(Cl)(Cl)Cl)[C@H](OC(C)=O)[C@@H](OC(C)=O)[C@H]1C. The largest absolute Gasteiger partial charge is 0.463 e. The molecule has 0 aromatic heterocycles. The zero-order valence-corrected chi connectivity index (χ0v) is 17.3. The Morgan fingerprint density at radius 3 is 1.93 bits per heavy atom. The van der Waals surface area contributed by atoms with Crippen LogP contribution in [-0.2, 0) is 38.1 Å². The van der Waals surface area contributed by atoms with Gasteiger partial charge in [-0.05, 0) is 0 Å². The number of ether oxygens (including phenoxy) is 5. The lowest BCUT2D eigenvalue weighted by Crippen LogP contribution is -2.59. The number of carbonyl (C=O) groups excluding carboxylic acids is 3. The van der Waals surface area contributed by atoms with Crippen molar-refractivity contribution in [3.8, 4) is 0 Å². The van der Waals surface area contributed by atoms with E-state index in [-0.39, 0.29) is 6.61 Å². The quantitative estimate of drug-likeness (QED) is 0.223. The molecule has 1 saturated heterocycles. The Labute approximate surface area is 170 Å². The van der Waals surface area contributed by atoms with Crippen LogP contribution in [0.15, 0.2) is 0 Å². The molecule has 0 aromatic rings. The second-order valence-corrected chi connectivity index (χ2v) is 8.08. The molecule has 0 aliphatic carbocycles. The maximum atomic E-state index is 11.5. The van der Waals surface area contributed by atoms with Crippen molar-refractivity contribution in [1.29, 1.82) is 5.41 Å². The highest BCUT2D eigenvalue weighted by atomic mass is 35.6. The van der Waals surface area contributed by atoms with E-state index >= 15 is 0 Å². The van der Waals surface area contributed by atoms with Gasteiger partial charge in [0.25, 0.3) is 3.79 Å². The summed E-state index contributed by atoms with van der Waals surface area (Å²) in [4.78, 5) is 34.1. The monoisotopic (exact) mass is 447 g/mol. The van der Waals surface area contributed by atoms with Crippen molar-refractivity contribution in [1.82, 2.24) is 0 Å². The van der Waals surface area contributed by atoms with Crippen LogP contribution in [0.5, 0.6) is 0 Å². The number of hydrogen-bond acceptors (Lipinski definition) is 9. The standard InChI is InChI=1S/C15H20Cl3NO8/c1-6-10(5-23-7(2)20)26-13(27-14(19)15(16,17)18)12(25-9(4)22)11(6)24-8(3)21/h6,10-13,19H,5H2,1-4H3/t6-,10+,11-,12+,13+/m0/s1. The molecule has 0 bridgehead atoms. The minimum Gasteiger partial charge on any atom is -0.463 e. The zero-order valence-electron chi connectivity index (χ0n) is 15.0. The highest BCUT2D eigenvalue weighted by Crippen LogP contribution is 2.34. The lowest BCUT2D eigenvalue weighted by atomic mass is 9.90. The number of alkyl halides is 3. The zero-order chi connectivity index (χ0) is 20.9. The fourth-order valence-corrected chi connectivity index (χ4v) is 2.52. The Morgan fingerprint density at radius 2 is 1.48 bits per heavy atom. The van der Waals surface area contributed by atoms with E-state index in [4.69, 9.17) is 63.9 Å². The topological polar surface area (TPSA) is 121 Å². The van der Waals surface area contributed by atoms with Crippen molar-refractivity contribution in [2.75, 3.05) is 6.61 Å². The summed E-state index contributed by atoms with van der Waals surface area (Å²) in [5.41, 5.74) is 0. The summed E-state index contributed by atoms with van der Waals surface area (Å²) in [6.07, 6.45) is -4.52. The third kappa shape index (κ3) is 7.33. The first-order valence-corrected chi connectivity index (χ1v) is 8.92. The van der Waals surface area contributed by atoms with Crippen LogP contribution in [0.3, 0.4) is 0 Å². The van der Waals surface area contributed by atoms with E-state index < -0.39 is 58.1 Å². The maximum Gasteiger partial charge on any atom is 0.303 e. The van der Waals surface area contributed by atoms with E-state index in [0.717, 1.165) is 6.92 Å². The number of rotatable bonds is 5. The molecule has 1 heterocycles. The lowest BCUT2D eigenvalue weighted by Gasteiger charge is -2.43. The summed E-state index contributed by atoms with van der Waals surface area (Å²) < 4.78 is 24.1. The first-order chi connectivity index (χ1) is 12.3. The third-order valence-electron chi connectivity index (χ3n) is 3.55. The van der Waals surface area contributed by atoms with Gasteiger partial charge in [-0.1, -0.05) is 41.7 Å². The van der Waals surface area contributed by atoms with Crippen LogP contribution in [-0.4, -0.2) is 58.8 Å². The van der Waals surface area contributed by atoms with Gasteiger partial charge >= 0.3 is 17.9 Å². The fraction of sp³-hybridized carbons (Fsp3) is 0.733. The molecule has 9 nitrogen and oxygen atoms in total. The maximum absolute atomic E-state index is 11.5. The van der Waals surface area contributed by atoms with Gasteiger partial charge in [0.2, 0.25) is 18.3 Å². The highest BCUT2D eigenvalue weighted by Gasteiger charge is 2.50. The van der Waals surface area contributed by atoms with Crippen LogP contribution in [0.4, 0.5) is 0 Å². The van der Waals surface area contributed by atoms with Crippen molar-refractivity contribution in [2.24, 2.45) is 5.92 Å². The second kappa shape index (κ2) is 9.77. The van der Waals surface area contributed by atoms with Crippen molar-refractivity contribution in [3.63, 3.8) is 0 Å². The number of nitrogens with one attached hydrogen (secondary N) is 1. The molecular weight excluding hydrogens is 429 g/mol. The van der Waals surface area contributed by atoms with E-state index in [1.54, 1.807) is 6.92 Å². The summed E-state index contributed by atoms with van der Waals surface area (Å²) >= 11 is 16.8. The summed E-state index contributed by atoms with van der Waals surface area (Å²) in [5.74, 6) is -3.26. The smallest absolute Gasteiger partial charge is 0.303 e. The van der Waals surface area contributed by atoms with Crippen LogP contribution >= 0.6 is 34.8 Å². The van der Waals surface area contributed by atoms with Crippen molar-refractivity contribution in [2.45, 2.75) is 56.1 Å². The molecule has 1 N–H and O–H groups in total. The van der Waals surface area contributed by atoms with Crippen LogP contribution in [0.1, 0.15) is 27.7 Å². The number of halogens is 3. The Kier molecular flexibility index (Phi) is 8.59. The molecule has 0 spiro atoms. The fourth-order valence-electron chi connectivity index (χ4n) is 2.39. The van der Waals surface area contributed by atoms with E-state index in [1.165, 1.54) is 13.8 Å². The molecule has 154 valence electrons. The molecular formula is C15H20Cl3NO8. The van der Waals surface area contributed by atoms with Gasteiger partial charge in [-0.3, -0.25) is 19.8 Å². The first-order valence-electron chi connectivity index (χ1n) is 7.78. The Bertz CT molecular complexity index is 594. The lowest BCUT2D eigenvalue weighted by molar-refractivity contribution is -0.275. The van der Waals surface area contributed by atoms with Crippen molar-refractivity contribution in [3.05, 3.63) is 0 Å². The molecule has 0 amide bonds. The van der Waals surface area contributed by atoms with E-state index in [2.05, 4.69) is 0 Å². The van der Waals surface area contributed by atoms with Crippen LogP contribution < -0.4 is 0 Å². The van der Waals surface area contributed by atoms with Crippen molar-refractivity contribution >= 4 is 58.6 Å². The Morgan fingerprint density at radius 1 is 0.963 bits per heavy atom. The molecule has 1 rings (SSSR count). The van der Waals surface area contributed by atoms with Gasteiger partial charge < -0.3 is 23.7 Å². The van der Waals surface area contributed by atoms with Gasteiger partial charge in [-0.25, -0.2) is 0 Å². The highest BCUT2D eigenvalue weighted by molar-refractivity contribution is 6.76. The average Bonchev–Trinajstić information content (AvgIpc) is 2.50. The molecule has 1 aliphatic heterocycles. The van der Waals surface area contributed by atoms with Crippen LogP contribution in [0.2, 0.25) is 0 Å². The molecule has 0 saturated carbocycles. The van der Waals surface area contributed by atoms with E-state index in [1.807, 2.05) is 0 Å². The third-order valence-corrected chi connectivity index (χ3v) is 4.07. The van der Waals surface area contributed by atoms with Gasteiger partial charge in [-0.15, -0.1) is 0 Å². The normalized spacial score (nSPS) is 28.0. The molecule has 0 unspecified atom stereocenters. The van der Waals surface area contributed by atoms with Crippen LogP contribution in [0.25, 0.3) is 0 Å². The van der Waals surface area contributed by atoms with Crippen LogP contribution in [0, 0.1) is 11.3 Å². The summed E-state index contributed by atoms with van der Waals surface area (Å²) in [6.45, 7) is 4.98. The molecule has 0 radical (unpaired) electrons. The summed E-state index contributed by atoms with van der Waals surface area (Å²) in [5, 5.41) is 7.71. The summed E-state index contributed by atoms with van der Waals surface area (Å²) in [6, 6.07) is 0. The van der Waals surface area contributed by atoms with Gasteiger partial charge in [-0.2, -0.15) is 0 Å². The van der Waals surface area contributed by atoms with Crippen molar-refractivity contribution < 1.29 is 38.1 Å². The molecule has 1 fully saturated rings. The second-order valence-electron chi connectivity index (χ2n) is 5.80. The summed E-state index contributed by atoms with van der Waals surface area (Å²) in [7, 11) is 0.